The summed E-state index contributed by atoms with van der Waals surface area (Å²) in [6.45, 7) is 4.87. The highest BCUT2D eigenvalue weighted by molar-refractivity contribution is 5.74. The average Bonchev–Trinajstić information content (AvgIpc) is 2.37. The van der Waals surface area contributed by atoms with Gasteiger partial charge in [0.05, 0.1) is 5.92 Å². The molecule has 5 heteroatoms. The van der Waals surface area contributed by atoms with Crippen LogP contribution in [0.1, 0.15) is 24.4 Å². The van der Waals surface area contributed by atoms with E-state index in [9.17, 15) is 4.79 Å². The number of aromatic nitrogens is 2. The number of aryl methyl sites for hydroxylation is 1. The first kappa shape index (κ1) is 13.5. The third-order valence-electron chi connectivity index (χ3n) is 3.51. The molecule has 1 saturated heterocycles. The van der Waals surface area contributed by atoms with Crippen molar-refractivity contribution in [3.63, 3.8) is 0 Å². The lowest BCUT2D eigenvalue weighted by Gasteiger charge is -2.37. The minimum atomic E-state index is 0.0969. The molecule has 1 aliphatic rings. The Morgan fingerprint density at radius 3 is 2.62 bits per heavy atom. The topological polar surface area (TPSA) is 55.3 Å². The molecule has 1 aliphatic heterocycles. The van der Waals surface area contributed by atoms with Gasteiger partial charge in [0.15, 0.2) is 0 Å². The summed E-state index contributed by atoms with van der Waals surface area (Å²) in [5, 5.41) is 0. The second-order valence-electron chi connectivity index (χ2n) is 5.24. The highest BCUT2D eigenvalue weighted by Gasteiger charge is 2.32. The van der Waals surface area contributed by atoms with Crippen LogP contribution in [-0.4, -0.2) is 33.9 Å². The van der Waals surface area contributed by atoms with Crippen molar-refractivity contribution in [3.05, 3.63) is 47.9 Å². The molecule has 0 radical (unpaired) electrons. The van der Waals surface area contributed by atoms with Crippen LogP contribution in [-0.2, 0) is 4.79 Å². The zero-order chi connectivity index (χ0) is 14.8. The summed E-state index contributed by atoms with van der Waals surface area (Å²) in [6, 6.07) is 11.4. The molecule has 108 valence electrons. The van der Waals surface area contributed by atoms with E-state index in [1.54, 1.807) is 11.8 Å². The quantitative estimate of drug-likeness (QED) is 0.868. The largest absolute Gasteiger partial charge is 0.439 e. The molecule has 1 aromatic carbocycles. The van der Waals surface area contributed by atoms with Gasteiger partial charge in [0.2, 0.25) is 11.8 Å². The van der Waals surface area contributed by atoms with Gasteiger partial charge in [-0.15, -0.1) is 0 Å². The van der Waals surface area contributed by atoms with Gasteiger partial charge in [0, 0.05) is 31.8 Å². The molecule has 1 fully saturated rings. The molecule has 0 saturated carbocycles. The van der Waals surface area contributed by atoms with Crippen molar-refractivity contribution in [1.82, 2.24) is 14.9 Å². The van der Waals surface area contributed by atoms with Crippen LogP contribution in [0.15, 0.2) is 36.4 Å². The minimum absolute atomic E-state index is 0.0969. The van der Waals surface area contributed by atoms with E-state index in [1.807, 2.05) is 43.3 Å². The van der Waals surface area contributed by atoms with Gasteiger partial charge in [-0.1, -0.05) is 18.2 Å². The van der Waals surface area contributed by atoms with E-state index in [1.165, 1.54) is 0 Å². The molecule has 0 spiro atoms. The lowest BCUT2D eigenvalue weighted by Crippen LogP contribution is -2.48. The lowest BCUT2D eigenvalue weighted by atomic mass is 9.99. The van der Waals surface area contributed by atoms with Gasteiger partial charge in [-0.05, 0) is 19.1 Å². The molecule has 0 N–H and O–H groups in total. The lowest BCUT2D eigenvalue weighted by molar-refractivity contribution is -0.133. The van der Waals surface area contributed by atoms with E-state index in [2.05, 4.69) is 9.97 Å². The SMILES string of the molecule is CC(=O)N1CC(c2nc(C)cc(Oc3ccccc3)n2)C1. The summed E-state index contributed by atoms with van der Waals surface area (Å²) < 4.78 is 5.76. The number of hydrogen-bond donors (Lipinski definition) is 0. The van der Waals surface area contributed by atoms with Crippen LogP contribution in [0.5, 0.6) is 11.6 Å². The molecule has 21 heavy (non-hydrogen) atoms. The van der Waals surface area contributed by atoms with Crippen LogP contribution in [0.3, 0.4) is 0 Å². The van der Waals surface area contributed by atoms with Crippen LogP contribution in [0.2, 0.25) is 0 Å². The Hall–Kier alpha value is -2.43. The number of carbonyl (C=O) groups excluding carboxylic acids is 1. The van der Waals surface area contributed by atoms with Gasteiger partial charge in [0.1, 0.15) is 11.6 Å². The van der Waals surface area contributed by atoms with Crippen LogP contribution < -0.4 is 4.74 Å². The molecule has 1 aromatic heterocycles. The van der Waals surface area contributed by atoms with Gasteiger partial charge in [-0.2, -0.15) is 4.98 Å². The highest BCUT2D eigenvalue weighted by atomic mass is 16.5. The molecule has 0 unspecified atom stereocenters. The van der Waals surface area contributed by atoms with Crippen molar-refractivity contribution in [1.29, 1.82) is 0 Å². The fourth-order valence-electron chi connectivity index (χ4n) is 2.30. The second kappa shape index (κ2) is 5.52. The average molecular weight is 283 g/mol. The highest BCUT2D eigenvalue weighted by Crippen LogP contribution is 2.27. The smallest absolute Gasteiger partial charge is 0.222 e. The van der Waals surface area contributed by atoms with Crippen molar-refractivity contribution in [2.45, 2.75) is 19.8 Å². The van der Waals surface area contributed by atoms with Crippen LogP contribution in [0, 0.1) is 6.92 Å². The zero-order valence-electron chi connectivity index (χ0n) is 12.1. The first-order valence-electron chi connectivity index (χ1n) is 6.96. The summed E-state index contributed by atoms with van der Waals surface area (Å²) in [5.41, 5.74) is 0.868. The monoisotopic (exact) mass is 283 g/mol. The van der Waals surface area contributed by atoms with Crippen molar-refractivity contribution in [2.75, 3.05) is 13.1 Å². The number of ether oxygens (including phenoxy) is 1. The molecule has 0 bridgehead atoms. The molecule has 1 amide bonds. The first-order chi connectivity index (χ1) is 10.1. The fraction of sp³-hybridized carbons (Fsp3) is 0.312. The third-order valence-corrected chi connectivity index (χ3v) is 3.51. The number of likely N-dealkylation sites (tertiary alicyclic amines) is 1. The van der Waals surface area contributed by atoms with Gasteiger partial charge in [0.25, 0.3) is 0 Å². The Morgan fingerprint density at radius 1 is 1.24 bits per heavy atom. The van der Waals surface area contributed by atoms with Crippen molar-refractivity contribution in [3.8, 4) is 11.6 Å². The van der Waals surface area contributed by atoms with E-state index >= 15 is 0 Å². The van der Waals surface area contributed by atoms with Crippen LogP contribution >= 0.6 is 0 Å². The Balaban J connectivity index is 1.76. The summed E-state index contributed by atoms with van der Waals surface area (Å²) in [7, 11) is 0. The second-order valence-corrected chi connectivity index (χ2v) is 5.24. The third kappa shape index (κ3) is 3.02. The number of carbonyl (C=O) groups is 1. The number of hydrogen-bond acceptors (Lipinski definition) is 4. The predicted molar refractivity (Wildman–Crippen MR) is 78.3 cm³/mol. The molecule has 2 aromatic rings. The van der Waals surface area contributed by atoms with E-state index < -0.39 is 0 Å². The maximum Gasteiger partial charge on any atom is 0.222 e. The number of nitrogens with zero attached hydrogens (tertiary/aromatic N) is 3. The number of amides is 1. The van der Waals surface area contributed by atoms with Crippen molar-refractivity contribution < 1.29 is 9.53 Å². The summed E-state index contributed by atoms with van der Waals surface area (Å²) in [6.07, 6.45) is 0. The van der Waals surface area contributed by atoms with Gasteiger partial charge < -0.3 is 9.64 Å². The van der Waals surface area contributed by atoms with E-state index in [-0.39, 0.29) is 11.8 Å². The van der Waals surface area contributed by atoms with E-state index in [0.717, 1.165) is 17.3 Å². The maximum atomic E-state index is 11.2. The Morgan fingerprint density at radius 2 is 1.95 bits per heavy atom. The Labute approximate surface area is 123 Å². The molecular weight excluding hydrogens is 266 g/mol. The zero-order valence-corrected chi connectivity index (χ0v) is 12.1. The molecule has 5 nitrogen and oxygen atoms in total. The minimum Gasteiger partial charge on any atom is -0.439 e. The van der Waals surface area contributed by atoms with Gasteiger partial charge >= 0.3 is 0 Å². The van der Waals surface area contributed by atoms with Crippen LogP contribution in [0.25, 0.3) is 0 Å². The normalized spacial score (nSPS) is 14.7. The number of benzene rings is 1. The first-order valence-corrected chi connectivity index (χ1v) is 6.96. The fourth-order valence-corrected chi connectivity index (χ4v) is 2.30. The standard InChI is InChI=1S/C16H17N3O2/c1-11-8-15(21-14-6-4-3-5-7-14)18-16(17-11)13-9-19(10-13)12(2)20/h3-8,13H,9-10H2,1-2H3. The number of para-hydroxylation sites is 1. The summed E-state index contributed by atoms with van der Waals surface area (Å²) in [4.78, 5) is 22.0. The maximum absolute atomic E-state index is 11.2. The summed E-state index contributed by atoms with van der Waals surface area (Å²) in [5.74, 6) is 2.34. The van der Waals surface area contributed by atoms with Crippen molar-refractivity contribution in [2.24, 2.45) is 0 Å². The molecule has 2 heterocycles. The van der Waals surface area contributed by atoms with Crippen LogP contribution in [0.4, 0.5) is 0 Å². The van der Waals surface area contributed by atoms with E-state index in [4.69, 9.17) is 4.74 Å². The molecule has 0 aliphatic carbocycles. The molecule has 0 atom stereocenters. The molecule has 3 rings (SSSR count). The summed E-state index contributed by atoms with van der Waals surface area (Å²) >= 11 is 0. The van der Waals surface area contributed by atoms with E-state index in [0.29, 0.717) is 19.0 Å². The Bertz CT molecular complexity index is 652. The predicted octanol–water partition coefficient (Wildman–Crippen LogP) is 2.52. The van der Waals surface area contributed by atoms with Gasteiger partial charge in [-0.25, -0.2) is 4.98 Å². The molecular formula is C16H17N3O2. The van der Waals surface area contributed by atoms with Gasteiger partial charge in [-0.3, -0.25) is 4.79 Å². The Kier molecular flexibility index (Phi) is 3.56. The van der Waals surface area contributed by atoms with Crippen molar-refractivity contribution >= 4 is 5.91 Å². The number of rotatable bonds is 3.